The maximum absolute atomic E-state index is 5.31. The van der Waals surface area contributed by atoms with Crippen molar-refractivity contribution in [1.82, 2.24) is 10.6 Å². The zero-order chi connectivity index (χ0) is 14.9. The maximum Gasteiger partial charge on any atom is 0.139 e. The zero-order valence-electron chi connectivity index (χ0n) is 12.6. The van der Waals surface area contributed by atoms with Gasteiger partial charge in [0.2, 0.25) is 0 Å². The van der Waals surface area contributed by atoms with Crippen molar-refractivity contribution in [2.45, 2.75) is 13.1 Å². The lowest BCUT2D eigenvalue weighted by atomic mass is 10.2. The Morgan fingerprint density at radius 1 is 1.14 bits per heavy atom. The SMILES string of the molecule is CNCc1ccccc1OC.c1ccc2c(c1)CNCO2. The van der Waals surface area contributed by atoms with Crippen LogP contribution in [0.1, 0.15) is 11.1 Å². The van der Waals surface area contributed by atoms with E-state index < -0.39 is 0 Å². The van der Waals surface area contributed by atoms with E-state index >= 15 is 0 Å². The monoisotopic (exact) mass is 286 g/mol. The summed E-state index contributed by atoms with van der Waals surface area (Å²) in [7, 11) is 3.61. The van der Waals surface area contributed by atoms with Crippen molar-refractivity contribution >= 4 is 0 Å². The second-order valence-electron chi connectivity index (χ2n) is 4.67. The van der Waals surface area contributed by atoms with Crippen molar-refractivity contribution in [3.8, 4) is 11.5 Å². The number of methoxy groups -OCH3 is 1. The lowest BCUT2D eigenvalue weighted by Gasteiger charge is -2.17. The van der Waals surface area contributed by atoms with E-state index in [0.717, 1.165) is 24.6 Å². The van der Waals surface area contributed by atoms with Gasteiger partial charge in [0.05, 0.1) is 7.11 Å². The molecule has 0 saturated carbocycles. The minimum Gasteiger partial charge on any atom is -0.496 e. The van der Waals surface area contributed by atoms with Crippen LogP contribution >= 0.6 is 0 Å². The van der Waals surface area contributed by atoms with E-state index in [2.05, 4.69) is 22.8 Å². The first kappa shape index (κ1) is 15.4. The Labute approximate surface area is 126 Å². The summed E-state index contributed by atoms with van der Waals surface area (Å²) in [6, 6.07) is 16.1. The van der Waals surface area contributed by atoms with Gasteiger partial charge in [0, 0.05) is 24.2 Å². The predicted molar refractivity (Wildman–Crippen MR) is 84.5 cm³/mol. The normalized spacial score (nSPS) is 12.5. The van der Waals surface area contributed by atoms with E-state index in [9.17, 15) is 0 Å². The molecule has 0 amide bonds. The Morgan fingerprint density at radius 2 is 1.90 bits per heavy atom. The maximum atomic E-state index is 5.31. The number of ether oxygens (including phenoxy) is 2. The standard InChI is InChI=1S/C9H13NO.C8H9NO/c1-10-7-8-5-3-4-6-9(8)11-2;1-2-4-8-7(3-1)5-9-6-10-8/h3-6,10H,7H2,1-2H3;1-4,9H,5-6H2. The highest BCUT2D eigenvalue weighted by Gasteiger charge is 2.06. The second-order valence-corrected chi connectivity index (χ2v) is 4.67. The average molecular weight is 286 g/mol. The molecule has 0 radical (unpaired) electrons. The summed E-state index contributed by atoms with van der Waals surface area (Å²) < 4.78 is 10.5. The molecule has 21 heavy (non-hydrogen) atoms. The van der Waals surface area contributed by atoms with Gasteiger partial charge in [-0.25, -0.2) is 0 Å². The highest BCUT2D eigenvalue weighted by atomic mass is 16.5. The zero-order valence-corrected chi connectivity index (χ0v) is 12.6. The number of hydrogen-bond acceptors (Lipinski definition) is 4. The summed E-state index contributed by atoms with van der Waals surface area (Å²) in [5.41, 5.74) is 2.44. The predicted octanol–water partition coefficient (Wildman–Crippen LogP) is 2.54. The van der Waals surface area contributed by atoms with Gasteiger partial charge < -0.3 is 14.8 Å². The molecule has 1 heterocycles. The van der Waals surface area contributed by atoms with Crippen LogP contribution < -0.4 is 20.1 Å². The third-order valence-corrected chi connectivity index (χ3v) is 3.18. The molecule has 2 aromatic rings. The molecular formula is C17H22N2O2. The van der Waals surface area contributed by atoms with Crippen molar-refractivity contribution in [3.05, 3.63) is 59.7 Å². The van der Waals surface area contributed by atoms with Crippen LogP contribution in [0.4, 0.5) is 0 Å². The van der Waals surface area contributed by atoms with E-state index in [1.807, 2.05) is 43.4 Å². The first-order chi connectivity index (χ1) is 10.3. The molecule has 112 valence electrons. The molecule has 3 rings (SSSR count). The number of nitrogens with one attached hydrogen (secondary N) is 2. The van der Waals surface area contributed by atoms with Gasteiger partial charge in [-0.3, -0.25) is 5.32 Å². The summed E-state index contributed by atoms with van der Waals surface area (Å²) in [5, 5.41) is 6.20. The number of para-hydroxylation sites is 2. The molecule has 0 saturated heterocycles. The number of hydrogen-bond donors (Lipinski definition) is 2. The molecule has 0 atom stereocenters. The molecule has 0 spiro atoms. The largest absolute Gasteiger partial charge is 0.496 e. The van der Waals surface area contributed by atoms with E-state index in [-0.39, 0.29) is 0 Å². The van der Waals surface area contributed by atoms with Gasteiger partial charge in [-0.2, -0.15) is 0 Å². The van der Waals surface area contributed by atoms with E-state index in [1.54, 1.807) is 7.11 Å². The van der Waals surface area contributed by atoms with Crippen molar-refractivity contribution in [1.29, 1.82) is 0 Å². The summed E-state index contributed by atoms with van der Waals surface area (Å²) in [4.78, 5) is 0. The molecular weight excluding hydrogens is 264 g/mol. The Balaban J connectivity index is 0.000000154. The second kappa shape index (κ2) is 8.29. The number of rotatable bonds is 3. The highest BCUT2D eigenvalue weighted by molar-refractivity contribution is 5.34. The molecule has 0 unspecified atom stereocenters. The Kier molecular flexibility index (Phi) is 6.06. The van der Waals surface area contributed by atoms with Crippen LogP contribution in [-0.4, -0.2) is 20.9 Å². The summed E-state index contributed by atoms with van der Waals surface area (Å²) in [6.07, 6.45) is 0. The lowest BCUT2D eigenvalue weighted by molar-refractivity contribution is 0.257. The van der Waals surface area contributed by atoms with Crippen molar-refractivity contribution < 1.29 is 9.47 Å². The highest BCUT2D eigenvalue weighted by Crippen LogP contribution is 2.19. The van der Waals surface area contributed by atoms with Gasteiger partial charge in [0.25, 0.3) is 0 Å². The van der Waals surface area contributed by atoms with Crippen LogP contribution in [-0.2, 0) is 13.1 Å². The third kappa shape index (κ3) is 4.48. The molecule has 1 aliphatic heterocycles. The average Bonchev–Trinajstić information content (AvgIpc) is 2.56. The minimum absolute atomic E-state index is 0.636. The molecule has 4 nitrogen and oxygen atoms in total. The van der Waals surface area contributed by atoms with Gasteiger partial charge in [-0.05, 0) is 19.2 Å². The molecule has 2 N–H and O–H groups in total. The smallest absolute Gasteiger partial charge is 0.139 e. The molecule has 1 aliphatic rings. The van der Waals surface area contributed by atoms with Crippen LogP contribution in [0.25, 0.3) is 0 Å². The quantitative estimate of drug-likeness (QED) is 0.910. The van der Waals surface area contributed by atoms with Crippen LogP contribution in [0.3, 0.4) is 0 Å². The van der Waals surface area contributed by atoms with E-state index in [4.69, 9.17) is 9.47 Å². The fraction of sp³-hybridized carbons (Fsp3) is 0.294. The Bertz CT molecular complexity index is 533. The first-order valence-electron chi connectivity index (χ1n) is 7.03. The fourth-order valence-corrected chi connectivity index (χ4v) is 2.14. The van der Waals surface area contributed by atoms with Crippen LogP contribution in [0, 0.1) is 0 Å². The van der Waals surface area contributed by atoms with Crippen LogP contribution in [0.2, 0.25) is 0 Å². The molecule has 2 aromatic carbocycles. The number of benzene rings is 2. The summed E-state index contributed by atoms with van der Waals surface area (Å²) in [5.74, 6) is 1.96. The minimum atomic E-state index is 0.636. The fourth-order valence-electron chi connectivity index (χ4n) is 2.14. The molecule has 4 heteroatoms. The third-order valence-electron chi connectivity index (χ3n) is 3.18. The van der Waals surface area contributed by atoms with Crippen LogP contribution in [0.5, 0.6) is 11.5 Å². The van der Waals surface area contributed by atoms with Gasteiger partial charge in [0.1, 0.15) is 18.2 Å². The van der Waals surface area contributed by atoms with Crippen molar-refractivity contribution in [2.75, 3.05) is 20.9 Å². The lowest BCUT2D eigenvalue weighted by Crippen LogP contribution is -2.24. The van der Waals surface area contributed by atoms with E-state index in [1.165, 1.54) is 11.1 Å². The molecule has 0 aromatic heterocycles. The molecule has 0 aliphatic carbocycles. The van der Waals surface area contributed by atoms with Gasteiger partial charge >= 0.3 is 0 Å². The van der Waals surface area contributed by atoms with Crippen molar-refractivity contribution in [2.24, 2.45) is 0 Å². The first-order valence-corrected chi connectivity index (χ1v) is 7.03. The topological polar surface area (TPSA) is 42.5 Å². The van der Waals surface area contributed by atoms with E-state index in [0.29, 0.717) is 6.73 Å². The van der Waals surface area contributed by atoms with Gasteiger partial charge in [-0.1, -0.05) is 36.4 Å². The summed E-state index contributed by atoms with van der Waals surface area (Å²) >= 11 is 0. The van der Waals surface area contributed by atoms with Crippen LogP contribution in [0.15, 0.2) is 48.5 Å². The van der Waals surface area contributed by atoms with Gasteiger partial charge in [-0.15, -0.1) is 0 Å². The molecule has 0 bridgehead atoms. The van der Waals surface area contributed by atoms with Gasteiger partial charge in [0.15, 0.2) is 0 Å². The number of fused-ring (bicyclic) bond motifs is 1. The Morgan fingerprint density at radius 3 is 2.67 bits per heavy atom. The van der Waals surface area contributed by atoms with Crippen molar-refractivity contribution in [3.63, 3.8) is 0 Å². The Hall–Kier alpha value is -2.04. The summed E-state index contributed by atoms with van der Waals surface area (Å²) in [6.45, 7) is 2.41. The molecule has 0 fully saturated rings.